The van der Waals surface area contributed by atoms with Crippen molar-refractivity contribution in [2.75, 3.05) is 23.3 Å². The lowest BCUT2D eigenvalue weighted by molar-refractivity contribution is 0.102. The Morgan fingerprint density at radius 3 is 2.79 bits per heavy atom. The van der Waals surface area contributed by atoms with E-state index in [0.29, 0.717) is 11.6 Å². The monoisotopic (exact) mass is 324 g/mol. The second-order valence-electron chi connectivity index (χ2n) is 6.44. The molecule has 1 amide bonds. The summed E-state index contributed by atoms with van der Waals surface area (Å²) in [6.45, 7) is 6.34. The summed E-state index contributed by atoms with van der Waals surface area (Å²) >= 11 is 0. The molecule has 0 aliphatic carbocycles. The van der Waals surface area contributed by atoms with E-state index >= 15 is 0 Å². The topological polar surface area (TPSA) is 58.1 Å². The minimum Gasteiger partial charge on any atom is -0.355 e. The standard InChI is InChI=1S/C19H24N4O/c1-3-15-8-4-5-9-16(15)20-19(24)17-10-11-18(22-21-17)23-12-6-7-14(2)13-23/h4-5,8-11,14H,3,6-7,12-13H2,1-2H3,(H,20,24). The highest BCUT2D eigenvalue weighted by Gasteiger charge is 2.18. The van der Waals surface area contributed by atoms with Gasteiger partial charge in [-0.25, -0.2) is 0 Å². The van der Waals surface area contributed by atoms with Crippen LogP contribution in [0.25, 0.3) is 0 Å². The highest BCUT2D eigenvalue weighted by atomic mass is 16.1. The minimum absolute atomic E-state index is 0.220. The first-order valence-corrected chi connectivity index (χ1v) is 8.65. The van der Waals surface area contributed by atoms with Gasteiger partial charge in [0.2, 0.25) is 0 Å². The molecule has 5 heteroatoms. The van der Waals surface area contributed by atoms with Gasteiger partial charge in [0, 0.05) is 18.8 Å². The minimum atomic E-state index is -0.220. The van der Waals surface area contributed by atoms with Crippen molar-refractivity contribution in [3.05, 3.63) is 47.7 Å². The Bertz CT molecular complexity index is 699. The van der Waals surface area contributed by atoms with Gasteiger partial charge in [0.15, 0.2) is 11.5 Å². The lowest BCUT2D eigenvalue weighted by Gasteiger charge is -2.31. The van der Waals surface area contributed by atoms with Gasteiger partial charge in [0.25, 0.3) is 5.91 Å². The van der Waals surface area contributed by atoms with Crippen LogP contribution in [-0.2, 0) is 6.42 Å². The summed E-state index contributed by atoms with van der Waals surface area (Å²) in [6.07, 6.45) is 3.31. The predicted octanol–water partition coefficient (Wildman–Crippen LogP) is 3.53. The molecule has 5 nitrogen and oxygen atoms in total. The number of hydrogen-bond donors (Lipinski definition) is 1. The lowest BCUT2D eigenvalue weighted by atomic mass is 10.0. The van der Waals surface area contributed by atoms with E-state index in [9.17, 15) is 4.79 Å². The Morgan fingerprint density at radius 2 is 2.08 bits per heavy atom. The van der Waals surface area contributed by atoms with E-state index in [1.165, 1.54) is 12.8 Å². The fourth-order valence-electron chi connectivity index (χ4n) is 3.15. The van der Waals surface area contributed by atoms with Crippen molar-refractivity contribution in [2.45, 2.75) is 33.1 Å². The Labute approximate surface area is 143 Å². The van der Waals surface area contributed by atoms with Crippen LogP contribution >= 0.6 is 0 Å². The van der Waals surface area contributed by atoms with Gasteiger partial charge in [-0.05, 0) is 48.9 Å². The van der Waals surface area contributed by atoms with E-state index in [1.807, 2.05) is 30.3 Å². The largest absolute Gasteiger partial charge is 0.355 e. The summed E-state index contributed by atoms with van der Waals surface area (Å²) in [5.74, 6) is 1.31. The number of aryl methyl sites for hydroxylation is 1. The van der Waals surface area contributed by atoms with E-state index in [4.69, 9.17) is 0 Å². The Morgan fingerprint density at radius 1 is 1.25 bits per heavy atom. The third-order valence-corrected chi connectivity index (χ3v) is 4.51. The van der Waals surface area contributed by atoms with Crippen LogP contribution in [0.1, 0.15) is 42.7 Å². The lowest BCUT2D eigenvalue weighted by Crippen LogP contribution is -2.35. The van der Waals surface area contributed by atoms with Crippen molar-refractivity contribution < 1.29 is 4.79 Å². The molecule has 0 saturated carbocycles. The zero-order chi connectivity index (χ0) is 16.9. The van der Waals surface area contributed by atoms with Crippen molar-refractivity contribution in [1.82, 2.24) is 10.2 Å². The number of carbonyl (C=O) groups excluding carboxylic acids is 1. The first kappa shape index (κ1) is 16.4. The average Bonchev–Trinajstić information content (AvgIpc) is 2.62. The molecule has 1 unspecified atom stereocenters. The van der Waals surface area contributed by atoms with Crippen molar-refractivity contribution in [3.8, 4) is 0 Å². The maximum atomic E-state index is 12.4. The second kappa shape index (κ2) is 7.43. The molecule has 1 atom stereocenters. The zero-order valence-corrected chi connectivity index (χ0v) is 14.3. The number of aromatic nitrogens is 2. The first-order valence-electron chi connectivity index (χ1n) is 8.65. The van der Waals surface area contributed by atoms with E-state index in [0.717, 1.165) is 36.6 Å². The summed E-state index contributed by atoms with van der Waals surface area (Å²) in [5.41, 5.74) is 2.29. The van der Waals surface area contributed by atoms with Gasteiger partial charge in [-0.3, -0.25) is 4.79 Å². The number of nitrogens with zero attached hydrogens (tertiary/aromatic N) is 3. The quantitative estimate of drug-likeness (QED) is 0.935. The summed E-state index contributed by atoms with van der Waals surface area (Å²) in [4.78, 5) is 14.6. The maximum absolute atomic E-state index is 12.4. The molecule has 0 spiro atoms. The van der Waals surface area contributed by atoms with Crippen LogP contribution in [0.4, 0.5) is 11.5 Å². The third kappa shape index (κ3) is 3.72. The van der Waals surface area contributed by atoms with Gasteiger partial charge in [-0.15, -0.1) is 10.2 Å². The number of amides is 1. The Balaban J connectivity index is 1.70. The molecular weight excluding hydrogens is 300 g/mol. The number of piperidine rings is 1. The molecule has 2 aromatic rings. The summed E-state index contributed by atoms with van der Waals surface area (Å²) in [6, 6.07) is 11.5. The van der Waals surface area contributed by atoms with E-state index in [-0.39, 0.29) is 5.91 Å². The van der Waals surface area contributed by atoms with Crippen LogP contribution in [-0.4, -0.2) is 29.2 Å². The fraction of sp³-hybridized carbons (Fsp3) is 0.421. The van der Waals surface area contributed by atoms with Crippen LogP contribution in [0.5, 0.6) is 0 Å². The molecule has 1 aliphatic heterocycles. The second-order valence-corrected chi connectivity index (χ2v) is 6.44. The van der Waals surface area contributed by atoms with E-state index in [2.05, 4.69) is 34.3 Å². The number of hydrogen-bond acceptors (Lipinski definition) is 4. The van der Waals surface area contributed by atoms with Crippen LogP contribution < -0.4 is 10.2 Å². The summed E-state index contributed by atoms with van der Waals surface area (Å²) < 4.78 is 0. The van der Waals surface area contributed by atoms with Gasteiger partial charge >= 0.3 is 0 Å². The number of para-hydroxylation sites is 1. The molecule has 0 bridgehead atoms. The molecule has 126 valence electrons. The molecule has 1 fully saturated rings. The van der Waals surface area contributed by atoms with Crippen molar-refractivity contribution in [2.24, 2.45) is 5.92 Å². The van der Waals surface area contributed by atoms with E-state index < -0.39 is 0 Å². The number of rotatable bonds is 4. The van der Waals surface area contributed by atoms with Crippen LogP contribution in [0.2, 0.25) is 0 Å². The number of benzene rings is 1. The molecule has 3 rings (SSSR count). The molecule has 1 aromatic heterocycles. The smallest absolute Gasteiger partial charge is 0.276 e. The predicted molar refractivity (Wildman–Crippen MR) is 96.4 cm³/mol. The third-order valence-electron chi connectivity index (χ3n) is 4.51. The van der Waals surface area contributed by atoms with E-state index in [1.54, 1.807) is 6.07 Å². The first-order chi connectivity index (χ1) is 11.7. The molecule has 1 N–H and O–H groups in total. The van der Waals surface area contributed by atoms with Crippen molar-refractivity contribution >= 4 is 17.4 Å². The zero-order valence-electron chi connectivity index (χ0n) is 14.3. The molecule has 24 heavy (non-hydrogen) atoms. The van der Waals surface area contributed by atoms with Gasteiger partial charge < -0.3 is 10.2 Å². The normalized spacial score (nSPS) is 17.6. The van der Waals surface area contributed by atoms with Gasteiger partial charge in [0.1, 0.15) is 0 Å². The average molecular weight is 324 g/mol. The Kier molecular flexibility index (Phi) is 5.08. The molecule has 0 radical (unpaired) electrons. The molecule has 1 aliphatic rings. The number of nitrogens with one attached hydrogen (secondary N) is 1. The van der Waals surface area contributed by atoms with Gasteiger partial charge in [0.05, 0.1) is 0 Å². The molecule has 2 heterocycles. The van der Waals surface area contributed by atoms with Gasteiger partial charge in [-0.1, -0.05) is 32.0 Å². The molecule has 1 aromatic carbocycles. The fourth-order valence-corrected chi connectivity index (χ4v) is 3.15. The maximum Gasteiger partial charge on any atom is 0.276 e. The summed E-state index contributed by atoms with van der Waals surface area (Å²) in [7, 11) is 0. The van der Waals surface area contributed by atoms with Crippen LogP contribution in [0, 0.1) is 5.92 Å². The summed E-state index contributed by atoms with van der Waals surface area (Å²) in [5, 5.41) is 11.3. The highest BCUT2D eigenvalue weighted by molar-refractivity contribution is 6.03. The van der Waals surface area contributed by atoms with Crippen molar-refractivity contribution in [3.63, 3.8) is 0 Å². The molecular formula is C19H24N4O. The SMILES string of the molecule is CCc1ccccc1NC(=O)c1ccc(N2CCCC(C)C2)nn1. The van der Waals surface area contributed by atoms with Crippen molar-refractivity contribution in [1.29, 1.82) is 0 Å². The van der Waals surface area contributed by atoms with Crippen LogP contribution in [0.3, 0.4) is 0 Å². The number of anilines is 2. The highest BCUT2D eigenvalue weighted by Crippen LogP contribution is 2.21. The molecule has 1 saturated heterocycles. The van der Waals surface area contributed by atoms with Gasteiger partial charge in [-0.2, -0.15) is 0 Å². The number of carbonyl (C=O) groups is 1. The van der Waals surface area contributed by atoms with Crippen LogP contribution in [0.15, 0.2) is 36.4 Å². The Hall–Kier alpha value is -2.43.